The predicted octanol–water partition coefficient (Wildman–Crippen LogP) is 4.74. The molecule has 0 aliphatic heterocycles. The number of hydrogen-bond donors (Lipinski definition) is 2. The summed E-state index contributed by atoms with van der Waals surface area (Å²) < 4.78 is 5.24. The van der Waals surface area contributed by atoms with E-state index >= 15 is 0 Å². The molecule has 0 atom stereocenters. The minimum absolute atomic E-state index is 0.301. The first kappa shape index (κ1) is 16.8. The summed E-state index contributed by atoms with van der Waals surface area (Å²) in [7, 11) is 1.53. The summed E-state index contributed by atoms with van der Waals surface area (Å²) in [6, 6.07) is 16.4. The lowest BCUT2D eigenvalue weighted by Crippen LogP contribution is -2.13. The molecule has 0 saturated heterocycles. The topological polar surface area (TPSA) is 63.2 Å². The molecule has 1 amide bonds. The Hall–Kier alpha value is -3.05. The number of methoxy groups -OCH3 is 1. The number of anilines is 3. The molecular formula is C19H16ClN3O2. The van der Waals surface area contributed by atoms with Crippen LogP contribution in [-0.2, 0) is 0 Å². The quantitative estimate of drug-likeness (QED) is 0.695. The standard InChI is InChI=1S/C19H16ClN3O2/c1-25-18-8-7-14(20)10-17(18)23-19(24)13-9-16(12-21-11-13)22-15-5-3-2-4-6-15/h2-12,22H,1H3,(H,23,24). The summed E-state index contributed by atoms with van der Waals surface area (Å²) in [5.74, 6) is 0.231. The number of hydrogen-bond acceptors (Lipinski definition) is 4. The number of para-hydroxylation sites is 1. The zero-order valence-corrected chi connectivity index (χ0v) is 14.2. The fraction of sp³-hybridized carbons (Fsp3) is 0.0526. The van der Waals surface area contributed by atoms with Crippen LogP contribution in [0, 0.1) is 0 Å². The number of amides is 1. The SMILES string of the molecule is COc1ccc(Cl)cc1NC(=O)c1cncc(Nc2ccccc2)c1. The molecule has 0 bridgehead atoms. The number of benzene rings is 2. The van der Waals surface area contributed by atoms with E-state index in [1.165, 1.54) is 13.3 Å². The molecule has 0 unspecified atom stereocenters. The molecule has 5 nitrogen and oxygen atoms in total. The lowest BCUT2D eigenvalue weighted by molar-refractivity contribution is 0.102. The van der Waals surface area contributed by atoms with Gasteiger partial charge in [0, 0.05) is 16.9 Å². The molecule has 0 radical (unpaired) electrons. The van der Waals surface area contributed by atoms with Crippen LogP contribution in [0.25, 0.3) is 0 Å². The summed E-state index contributed by atoms with van der Waals surface area (Å²) >= 11 is 5.99. The molecule has 6 heteroatoms. The first-order chi connectivity index (χ1) is 12.2. The van der Waals surface area contributed by atoms with Gasteiger partial charge in [-0.3, -0.25) is 9.78 Å². The summed E-state index contributed by atoms with van der Waals surface area (Å²) in [5.41, 5.74) is 2.56. The number of pyridine rings is 1. The smallest absolute Gasteiger partial charge is 0.257 e. The van der Waals surface area contributed by atoms with Crippen molar-refractivity contribution in [2.45, 2.75) is 0 Å². The Labute approximate surface area is 150 Å². The average molecular weight is 354 g/mol. The van der Waals surface area contributed by atoms with Crippen molar-refractivity contribution >= 4 is 34.6 Å². The van der Waals surface area contributed by atoms with Gasteiger partial charge < -0.3 is 15.4 Å². The van der Waals surface area contributed by atoms with Gasteiger partial charge in [-0.05, 0) is 36.4 Å². The number of rotatable bonds is 5. The Morgan fingerprint density at radius 1 is 1.04 bits per heavy atom. The molecule has 126 valence electrons. The number of carbonyl (C=O) groups is 1. The third-order valence-corrected chi connectivity index (χ3v) is 3.71. The van der Waals surface area contributed by atoms with Crippen LogP contribution in [0.4, 0.5) is 17.1 Å². The third kappa shape index (κ3) is 4.28. The van der Waals surface area contributed by atoms with E-state index in [0.29, 0.717) is 22.0 Å². The van der Waals surface area contributed by atoms with Crippen molar-refractivity contribution in [3.63, 3.8) is 0 Å². The number of aromatic nitrogens is 1. The average Bonchev–Trinajstić information content (AvgIpc) is 2.63. The largest absolute Gasteiger partial charge is 0.495 e. The Balaban J connectivity index is 1.79. The lowest BCUT2D eigenvalue weighted by atomic mass is 10.2. The molecule has 0 aliphatic rings. The Morgan fingerprint density at radius 2 is 1.84 bits per heavy atom. The second-order valence-electron chi connectivity index (χ2n) is 5.25. The van der Waals surface area contributed by atoms with Crippen molar-refractivity contribution in [2.75, 3.05) is 17.7 Å². The van der Waals surface area contributed by atoms with Crippen molar-refractivity contribution in [3.05, 3.63) is 77.6 Å². The maximum absolute atomic E-state index is 12.5. The second-order valence-corrected chi connectivity index (χ2v) is 5.69. The normalized spacial score (nSPS) is 10.2. The molecule has 25 heavy (non-hydrogen) atoms. The van der Waals surface area contributed by atoms with Gasteiger partial charge in [-0.2, -0.15) is 0 Å². The van der Waals surface area contributed by atoms with E-state index in [2.05, 4.69) is 15.6 Å². The van der Waals surface area contributed by atoms with E-state index in [9.17, 15) is 4.79 Å². The highest BCUT2D eigenvalue weighted by Crippen LogP contribution is 2.28. The highest BCUT2D eigenvalue weighted by molar-refractivity contribution is 6.31. The van der Waals surface area contributed by atoms with Gasteiger partial charge in [-0.25, -0.2) is 0 Å². The molecule has 2 aromatic carbocycles. The van der Waals surface area contributed by atoms with Crippen LogP contribution in [0.15, 0.2) is 67.0 Å². The molecule has 2 N–H and O–H groups in total. The minimum Gasteiger partial charge on any atom is -0.495 e. The molecule has 0 saturated carbocycles. The first-order valence-corrected chi connectivity index (χ1v) is 7.95. The van der Waals surface area contributed by atoms with Crippen LogP contribution >= 0.6 is 11.6 Å². The molecule has 1 aromatic heterocycles. The highest BCUT2D eigenvalue weighted by atomic mass is 35.5. The number of ether oxygens (including phenoxy) is 1. The fourth-order valence-electron chi connectivity index (χ4n) is 2.29. The zero-order chi connectivity index (χ0) is 17.6. The van der Waals surface area contributed by atoms with Crippen molar-refractivity contribution in [3.8, 4) is 5.75 Å². The van der Waals surface area contributed by atoms with E-state index in [1.807, 2.05) is 30.3 Å². The van der Waals surface area contributed by atoms with Crippen LogP contribution in [0.3, 0.4) is 0 Å². The van der Waals surface area contributed by atoms with Crippen molar-refractivity contribution < 1.29 is 9.53 Å². The predicted molar refractivity (Wildman–Crippen MR) is 99.9 cm³/mol. The Kier molecular flexibility index (Phi) is 5.16. The van der Waals surface area contributed by atoms with Crippen molar-refractivity contribution in [1.82, 2.24) is 4.98 Å². The van der Waals surface area contributed by atoms with Crippen molar-refractivity contribution in [2.24, 2.45) is 0 Å². The van der Waals surface area contributed by atoms with Crippen LogP contribution in [0.1, 0.15) is 10.4 Å². The van der Waals surface area contributed by atoms with Gasteiger partial charge in [0.1, 0.15) is 5.75 Å². The van der Waals surface area contributed by atoms with Gasteiger partial charge in [-0.1, -0.05) is 29.8 Å². The van der Waals surface area contributed by atoms with Crippen LogP contribution in [0.2, 0.25) is 5.02 Å². The van der Waals surface area contributed by atoms with E-state index < -0.39 is 0 Å². The van der Waals surface area contributed by atoms with E-state index in [0.717, 1.165) is 11.4 Å². The maximum atomic E-state index is 12.5. The maximum Gasteiger partial charge on any atom is 0.257 e. The van der Waals surface area contributed by atoms with Gasteiger partial charge >= 0.3 is 0 Å². The first-order valence-electron chi connectivity index (χ1n) is 7.58. The van der Waals surface area contributed by atoms with Gasteiger partial charge in [0.2, 0.25) is 0 Å². The summed E-state index contributed by atoms with van der Waals surface area (Å²) in [6.45, 7) is 0. The monoisotopic (exact) mass is 353 g/mol. The second kappa shape index (κ2) is 7.68. The number of nitrogens with zero attached hydrogens (tertiary/aromatic N) is 1. The van der Waals surface area contributed by atoms with Gasteiger partial charge in [-0.15, -0.1) is 0 Å². The van der Waals surface area contributed by atoms with Crippen LogP contribution in [0.5, 0.6) is 5.75 Å². The summed E-state index contributed by atoms with van der Waals surface area (Å²) in [6.07, 6.45) is 3.16. The zero-order valence-electron chi connectivity index (χ0n) is 13.5. The lowest BCUT2D eigenvalue weighted by Gasteiger charge is -2.11. The molecule has 3 aromatic rings. The number of carbonyl (C=O) groups excluding carboxylic acids is 1. The van der Waals surface area contributed by atoms with E-state index in [4.69, 9.17) is 16.3 Å². The molecular weight excluding hydrogens is 338 g/mol. The van der Waals surface area contributed by atoms with Crippen molar-refractivity contribution in [1.29, 1.82) is 0 Å². The van der Waals surface area contributed by atoms with E-state index in [-0.39, 0.29) is 5.91 Å². The number of nitrogens with one attached hydrogen (secondary N) is 2. The fourth-order valence-corrected chi connectivity index (χ4v) is 2.47. The van der Waals surface area contributed by atoms with Gasteiger partial charge in [0.05, 0.1) is 30.2 Å². The molecule has 3 rings (SSSR count). The summed E-state index contributed by atoms with van der Waals surface area (Å²) in [5, 5.41) is 6.51. The summed E-state index contributed by atoms with van der Waals surface area (Å²) in [4.78, 5) is 16.6. The molecule has 1 heterocycles. The third-order valence-electron chi connectivity index (χ3n) is 3.47. The van der Waals surface area contributed by atoms with Crippen LogP contribution in [-0.4, -0.2) is 18.0 Å². The molecule has 0 spiro atoms. The molecule has 0 aliphatic carbocycles. The Morgan fingerprint density at radius 3 is 2.60 bits per heavy atom. The highest BCUT2D eigenvalue weighted by Gasteiger charge is 2.11. The number of halogens is 1. The van der Waals surface area contributed by atoms with Gasteiger partial charge in [0.15, 0.2) is 0 Å². The Bertz CT molecular complexity index is 885. The van der Waals surface area contributed by atoms with Crippen LogP contribution < -0.4 is 15.4 Å². The van der Waals surface area contributed by atoms with E-state index in [1.54, 1.807) is 30.5 Å². The molecule has 0 fully saturated rings. The minimum atomic E-state index is -0.301. The van der Waals surface area contributed by atoms with Gasteiger partial charge in [0.25, 0.3) is 5.91 Å².